The minimum Gasteiger partial charge on any atom is -0.300 e. The van der Waals surface area contributed by atoms with Gasteiger partial charge in [0.05, 0.1) is 29.3 Å². The van der Waals surface area contributed by atoms with Crippen LogP contribution < -0.4 is 4.90 Å². The monoisotopic (exact) mass is 444 g/mol. The van der Waals surface area contributed by atoms with Gasteiger partial charge in [0.25, 0.3) is 5.91 Å². The van der Waals surface area contributed by atoms with Gasteiger partial charge in [-0.1, -0.05) is 24.3 Å². The second kappa shape index (κ2) is 9.56. The number of rotatable bonds is 6. The number of aryl methyl sites for hydroxylation is 1. The highest BCUT2D eigenvalue weighted by Crippen LogP contribution is 2.24. The third kappa shape index (κ3) is 4.87. The van der Waals surface area contributed by atoms with Gasteiger partial charge in [-0.2, -0.15) is 5.10 Å². The molecule has 4 rings (SSSR count). The number of amides is 1. The average Bonchev–Trinajstić information content (AvgIpc) is 3.11. The minimum absolute atomic E-state index is 0.0230. The van der Waals surface area contributed by atoms with Crippen LogP contribution in [0.15, 0.2) is 79.0 Å². The number of hydrogen-bond acceptors (Lipinski definition) is 3. The van der Waals surface area contributed by atoms with Gasteiger partial charge < -0.3 is 0 Å². The molecule has 2 heterocycles. The van der Waals surface area contributed by atoms with Crippen LogP contribution in [0.3, 0.4) is 0 Å². The van der Waals surface area contributed by atoms with Gasteiger partial charge >= 0.3 is 0 Å². The number of para-hydroxylation sites is 1. The van der Waals surface area contributed by atoms with Crippen molar-refractivity contribution >= 4 is 17.7 Å². The van der Waals surface area contributed by atoms with Crippen LogP contribution in [-0.2, 0) is 11.3 Å². The van der Waals surface area contributed by atoms with Crippen molar-refractivity contribution in [1.82, 2.24) is 14.8 Å². The Labute approximate surface area is 190 Å². The summed E-state index contributed by atoms with van der Waals surface area (Å²) in [5.41, 5.74) is 3.88. The SMILES string of the molecule is Cc1nn(-c2ccccc2)c(C)c1/C=C\C(=O)N(Cc1ccccn1)c1ccc(F)cc1F. The molecule has 1 amide bonds. The lowest BCUT2D eigenvalue weighted by Crippen LogP contribution is -2.30. The number of anilines is 1. The molecule has 0 spiro atoms. The van der Waals surface area contributed by atoms with E-state index >= 15 is 0 Å². The topological polar surface area (TPSA) is 51.0 Å². The Kier molecular flexibility index (Phi) is 6.40. The maximum atomic E-state index is 14.6. The van der Waals surface area contributed by atoms with Crippen molar-refractivity contribution in [1.29, 1.82) is 0 Å². The van der Waals surface area contributed by atoms with Crippen LogP contribution in [0.25, 0.3) is 11.8 Å². The normalized spacial score (nSPS) is 11.2. The third-order valence-corrected chi connectivity index (χ3v) is 5.25. The molecule has 0 radical (unpaired) electrons. The van der Waals surface area contributed by atoms with E-state index in [2.05, 4.69) is 10.1 Å². The van der Waals surface area contributed by atoms with E-state index in [0.717, 1.165) is 34.8 Å². The fourth-order valence-electron chi connectivity index (χ4n) is 3.60. The van der Waals surface area contributed by atoms with Crippen LogP contribution in [-0.4, -0.2) is 20.7 Å². The van der Waals surface area contributed by atoms with Gasteiger partial charge in [-0.05, 0) is 56.3 Å². The molecule has 0 N–H and O–H groups in total. The molecule has 0 saturated carbocycles. The van der Waals surface area contributed by atoms with Gasteiger partial charge in [0.1, 0.15) is 11.6 Å². The highest BCUT2D eigenvalue weighted by molar-refractivity contribution is 6.04. The zero-order chi connectivity index (χ0) is 23.4. The Morgan fingerprint density at radius 1 is 1.03 bits per heavy atom. The van der Waals surface area contributed by atoms with Gasteiger partial charge in [-0.15, -0.1) is 0 Å². The largest absolute Gasteiger partial charge is 0.300 e. The standard InChI is InChI=1S/C26H22F2N4O/c1-18-23(19(2)32(30-18)22-9-4-3-5-10-22)12-14-26(33)31(17-21-8-6-7-15-29-21)25-13-11-20(27)16-24(25)28/h3-16H,17H2,1-2H3/b14-12-. The maximum absolute atomic E-state index is 14.6. The molecule has 33 heavy (non-hydrogen) atoms. The van der Waals surface area contributed by atoms with E-state index in [1.807, 2.05) is 48.9 Å². The van der Waals surface area contributed by atoms with Crippen molar-refractivity contribution in [3.63, 3.8) is 0 Å². The first kappa shape index (κ1) is 22.1. The second-order valence-electron chi connectivity index (χ2n) is 7.51. The van der Waals surface area contributed by atoms with Crippen molar-refractivity contribution in [2.24, 2.45) is 0 Å². The summed E-state index contributed by atoms with van der Waals surface area (Å²) in [5.74, 6) is -1.99. The summed E-state index contributed by atoms with van der Waals surface area (Å²) in [7, 11) is 0. The molecule has 0 unspecified atom stereocenters. The van der Waals surface area contributed by atoms with Crippen LogP contribution in [0, 0.1) is 25.5 Å². The van der Waals surface area contributed by atoms with Crippen LogP contribution in [0.5, 0.6) is 0 Å². The lowest BCUT2D eigenvalue weighted by atomic mass is 10.1. The van der Waals surface area contributed by atoms with Crippen molar-refractivity contribution < 1.29 is 13.6 Å². The molecular formula is C26H22F2N4O. The van der Waals surface area contributed by atoms with Crippen LogP contribution in [0.1, 0.15) is 22.6 Å². The van der Waals surface area contributed by atoms with E-state index in [0.29, 0.717) is 5.69 Å². The Balaban J connectivity index is 1.67. The molecule has 5 nitrogen and oxygen atoms in total. The van der Waals surface area contributed by atoms with E-state index in [4.69, 9.17) is 0 Å². The zero-order valence-electron chi connectivity index (χ0n) is 18.2. The lowest BCUT2D eigenvalue weighted by molar-refractivity contribution is -0.114. The number of aromatic nitrogens is 3. The molecule has 0 bridgehead atoms. The van der Waals surface area contributed by atoms with Gasteiger partial charge in [-0.25, -0.2) is 13.5 Å². The van der Waals surface area contributed by atoms with Crippen molar-refractivity contribution in [2.75, 3.05) is 4.90 Å². The molecule has 0 saturated heterocycles. The molecule has 2 aromatic heterocycles. The Morgan fingerprint density at radius 2 is 1.79 bits per heavy atom. The predicted octanol–water partition coefficient (Wildman–Crippen LogP) is 5.41. The van der Waals surface area contributed by atoms with Crippen LogP contribution in [0.2, 0.25) is 0 Å². The van der Waals surface area contributed by atoms with E-state index < -0.39 is 17.5 Å². The summed E-state index contributed by atoms with van der Waals surface area (Å²) >= 11 is 0. The Hall–Kier alpha value is -4.13. The summed E-state index contributed by atoms with van der Waals surface area (Å²) in [6.07, 6.45) is 4.64. The molecule has 0 aliphatic heterocycles. The third-order valence-electron chi connectivity index (χ3n) is 5.25. The van der Waals surface area contributed by atoms with Gasteiger partial charge in [-0.3, -0.25) is 14.7 Å². The summed E-state index contributed by atoms with van der Waals surface area (Å²) in [6.45, 7) is 3.82. The summed E-state index contributed by atoms with van der Waals surface area (Å²) in [4.78, 5) is 18.6. The smallest absolute Gasteiger partial charge is 0.251 e. The van der Waals surface area contributed by atoms with E-state index in [9.17, 15) is 13.6 Å². The number of carbonyl (C=O) groups excluding carboxylic acids is 1. The molecular weight excluding hydrogens is 422 g/mol. The lowest BCUT2D eigenvalue weighted by Gasteiger charge is -2.21. The average molecular weight is 444 g/mol. The first-order valence-corrected chi connectivity index (χ1v) is 10.4. The van der Waals surface area contributed by atoms with Crippen molar-refractivity contribution in [3.05, 3.63) is 113 Å². The zero-order valence-corrected chi connectivity index (χ0v) is 18.2. The molecule has 0 atom stereocenters. The van der Waals surface area contributed by atoms with E-state index in [1.165, 1.54) is 17.0 Å². The molecule has 0 fully saturated rings. The number of halogens is 2. The molecule has 0 aliphatic carbocycles. The van der Waals surface area contributed by atoms with Gasteiger partial charge in [0.15, 0.2) is 0 Å². The fraction of sp³-hybridized carbons (Fsp3) is 0.115. The first-order chi connectivity index (χ1) is 15.9. The maximum Gasteiger partial charge on any atom is 0.251 e. The van der Waals surface area contributed by atoms with Crippen LogP contribution >= 0.6 is 0 Å². The molecule has 2 aromatic carbocycles. The number of benzene rings is 2. The highest BCUT2D eigenvalue weighted by atomic mass is 19.1. The number of pyridine rings is 1. The molecule has 7 heteroatoms. The Morgan fingerprint density at radius 3 is 2.48 bits per heavy atom. The second-order valence-corrected chi connectivity index (χ2v) is 7.51. The molecule has 4 aromatic rings. The minimum atomic E-state index is -0.822. The first-order valence-electron chi connectivity index (χ1n) is 10.4. The number of carbonyl (C=O) groups is 1. The quantitative estimate of drug-likeness (QED) is 0.374. The van der Waals surface area contributed by atoms with E-state index in [-0.39, 0.29) is 12.2 Å². The Bertz CT molecular complexity index is 1300. The number of hydrogen-bond donors (Lipinski definition) is 0. The molecule has 166 valence electrons. The van der Waals surface area contributed by atoms with Crippen LogP contribution in [0.4, 0.5) is 14.5 Å². The van der Waals surface area contributed by atoms with Gasteiger partial charge in [0.2, 0.25) is 0 Å². The number of nitrogens with zero attached hydrogens (tertiary/aromatic N) is 4. The van der Waals surface area contributed by atoms with E-state index in [1.54, 1.807) is 30.5 Å². The van der Waals surface area contributed by atoms with Crippen molar-refractivity contribution in [3.8, 4) is 5.69 Å². The van der Waals surface area contributed by atoms with Crippen molar-refractivity contribution in [2.45, 2.75) is 20.4 Å². The summed E-state index contributed by atoms with van der Waals surface area (Å²) < 4.78 is 29.8. The summed E-state index contributed by atoms with van der Waals surface area (Å²) in [5, 5.41) is 4.58. The fourth-order valence-corrected chi connectivity index (χ4v) is 3.60. The molecule has 0 aliphatic rings. The predicted molar refractivity (Wildman–Crippen MR) is 124 cm³/mol. The highest BCUT2D eigenvalue weighted by Gasteiger charge is 2.19. The summed E-state index contributed by atoms with van der Waals surface area (Å²) in [6, 6.07) is 18.1. The van der Waals surface area contributed by atoms with Gasteiger partial charge in [0, 0.05) is 29.6 Å².